The summed E-state index contributed by atoms with van der Waals surface area (Å²) in [4.78, 5) is 24.3. The first-order valence-electron chi connectivity index (χ1n) is 7.60. The largest absolute Gasteiger partial charge is 0.368 e. The van der Waals surface area contributed by atoms with Gasteiger partial charge in [-0.3, -0.25) is 14.3 Å². The Morgan fingerprint density at radius 2 is 2.00 bits per heavy atom. The van der Waals surface area contributed by atoms with E-state index in [-0.39, 0.29) is 18.4 Å². The summed E-state index contributed by atoms with van der Waals surface area (Å²) in [5.74, 6) is -0.617. The Balaban J connectivity index is 2.04. The normalized spacial score (nSPS) is 19.5. The number of primary amides is 1. The zero-order valence-corrected chi connectivity index (χ0v) is 12.5. The fourth-order valence-corrected chi connectivity index (χ4v) is 2.81. The molecular weight excluding hydrogens is 268 g/mol. The van der Waals surface area contributed by atoms with Gasteiger partial charge in [0, 0.05) is 18.3 Å². The molecule has 1 aliphatic rings. The molecule has 0 saturated heterocycles. The zero-order valence-electron chi connectivity index (χ0n) is 12.5. The molecule has 0 radical (unpaired) electrons. The molecule has 2 rings (SSSR count). The minimum Gasteiger partial charge on any atom is -0.368 e. The molecule has 1 unspecified atom stereocenters. The monoisotopic (exact) mass is 292 g/mol. The van der Waals surface area contributed by atoms with Crippen molar-refractivity contribution >= 4 is 11.8 Å². The highest BCUT2D eigenvalue weighted by Gasteiger charge is 2.35. The van der Waals surface area contributed by atoms with E-state index >= 15 is 0 Å². The molecular formula is C15H24N4O2. The van der Waals surface area contributed by atoms with E-state index in [4.69, 9.17) is 5.73 Å². The third kappa shape index (κ3) is 4.06. The van der Waals surface area contributed by atoms with E-state index in [1.165, 1.54) is 12.8 Å². The number of amides is 2. The Morgan fingerprint density at radius 3 is 2.52 bits per heavy atom. The molecule has 3 N–H and O–H groups in total. The van der Waals surface area contributed by atoms with Gasteiger partial charge >= 0.3 is 0 Å². The Hall–Kier alpha value is -1.85. The van der Waals surface area contributed by atoms with Gasteiger partial charge in [0.05, 0.1) is 6.54 Å². The summed E-state index contributed by atoms with van der Waals surface area (Å²) in [7, 11) is 0. The summed E-state index contributed by atoms with van der Waals surface area (Å²) >= 11 is 0. The van der Waals surface area contributed by atoms with Crippen LogP contribution in [0.1, 0.15) is 45.4 Å². The van der Waals surface area contributed by atoms with Crippen LogP contribution >= 0.6 is 0 Å². The number of hydrogen-bond donors (Lipinski definition) is 2. The maximum atomic E-state index is 12.5. The second-order valence-electron chi connectivity index (χ2n) is 6.08. The van der Waals surface area contributed by atoms with E-state index in [9.17, 15) is 9.59 Å². The summed E-state index contributed by atoms with van der Waals surface area (Å²) in [6.07, 6.45) is 9.68. The van der Waals surface area contributed by atoms with Crippen LogP contribution in [-0.2, 0) is 16.1 Å². The predicted octanol–water partition coefficient (Wildman–Crippen LogP) is 1.21. The summed E-state index contributed by atoms with van der Waals surface area (Å²) in [6.45, 7) is 1.90. The number of rotatable bonds is 5. The third-order valence-electron chi connectivity index (χ3n) is 4.21. The van der Waals surface area contributed by atoms with Crippen LogP contribution in [0.2, 0.25) is 0 Å². The van der Waals surface area contributed by atoms with Crippen LogP contribution in [0.25, 0.3) is 0 Å². The number of nitrogens with one attached hydrogen (secondary N) is 1. The predicted molar refractivity (Wildman–Crippen MR) is 79.2 cm³/mol. The van der Waals surface area contributed by atoms with Gasteiger partial charge in [-0.1, -0.05) is 25.7 Å². The molecule has 1 fully saturated rings. The Bertz CT molecular complexity index is 478. The number of nitrogens with zero attached hydrogens (tertiary/aromatic N) is 2. The summed E-state index contributed by atoms with van der Waals surface area (Å²) in [5.41, 5.74) is 4.39. The van der Waals surface area contributed by atoms with Crippen LogP contribution in [0.3, 0.4) is 0 Å². The van der Waals surface area contributed by atoms with E-state index in [0.29, 0.717) is 0 Å². The maximum Gasteiger partial charge on any atom is 0.244 e. The minimum absolute atomic E-state index is 0.0104. The van der Waals surface area contributed by atoms with Crippen molar-refractivity contribution in [1.82, 2.24) is 15.1 Å². The van der Waals surface area contributed by atoms with Crippen LogP contribution in [0.4, 0.5) is 0 Å². The first-order valence-corrected chi connectivity index (χ1v) is 7.60. The molecule has 2 amide bonds. The van der Waals surface area contributed by atoms with Crippen LogP contribution in [-0.4, -0.2) is 27.1 Å². The van der Waals surface area contributed by atoms with Gasteiger partial charge in [-0.15, -0.1) is 0 Å². The summed E-state index contributed by atoms with van der Waals surface area (Å²) in [5, 5.41) is 6.93. The smallest absolute Gasteiger partial charge is 0.244 e. The SMILES string of the molecule is CC(Cn1cccn1)(NC(=O)C1CCCCCC1)C(N)=O. The fourth-order valence-electron chi connectivity index (χ4n) is 2.81. The van der Waals surface area contributed by atoms with Crippen molar-refractivity contribution in [3.8, 4) is 0 Å². The fraction of sp³-hybridized carbons (Fsp3) is 0.667. The van der Waals surface area contributed by atoms with Gasteiger partial charge in [-0.05, 0) is 25.8 Å². The van der Waals surface area contributed by atoms with Crippen LogP contribution in [0.15, 0.2) is 18.5 Å². The number of carbonyl (C=O) groups excluding carboxylic acids is 2. The van der Waals surface area contributed by atoms with Crippen molar-refractivity contribution in [2.75, 3.05) is 0 Å². The second-order valence-corrected chi connectivity index (χ2v) is 6.08. The Kier molecular flexibility index (Phi) is 4.98. The molecule has 1 atom stereocenters. The average molecular weight is 292 g/mol. The molecule has 0 aromatic carbocycles. The average Bonchev–Trinajstić information content (AvgIpc) is 2.78. The minimum atomic E-state index is -1.12. The lowest BCUT2D eigenvalue weighted by molar-refractivity contribution is -0.134. The molecule has 1 aromatic heterocycles. The van der Waals surface area contributed by atoms with Crippen molar-refractivity contribution in [3.05, 3.63) is 18.5 Å². The van der Waals surface area contributed by atoms with Crippen LogP contribution in [0.5, 0.6) is 0 Å². The Labute approximate surface area is 125 Å². The maximum absolute atomic E-state index is 12.5. The second kappa shape index (κ2) is 6.74. The number of carbonyl (C=O) groups is 2. The van der Waals surface area contributed by atoms with Crippen molar-refractivity contribution in [2.45, 2.75) is 57.5 Å². The molecule has 0 aliphatic heterocycles. The van der Waals surface area contributed by atoms with E-state index in [1.807, 2.05) is 0 Å². The van der Waals surface area contributed by atoms with Gasteiger partial charge in [0.15, 0.2) is 0 Å². The number of hydrogen-bond acceptors (Lipinski definition) is 3. The summed E-state index contributed by atoms with van der Waals surface area (Å²) in [6, 6.07) is 1.77. The highest BCUT2D eigenvalue weighted by atomic mass is 16.2. The molecule has 1 heterocycles. The molecule has 1 aliphatic carbocycles. The van der Waals surface area contributed by atoms with E-state index in [1.54, 1.807) is 30.1 Å². The molecule has 6 nitrogen and oxygen atoms in total. The van der Waals surface area contributed by atoms with Crippen molar-refractivity contribution < 1.29 is 9.59 Å². The number of nitrogens with two attached hydrogens (primary N) is 1. The molecule has 0 bridgehead atoms. The van der Waals surface area contributed by atoms with Gasteiger partial charge in [0.1, 0.15) is 5.54 Å². The highest BCUT2D eigenvalue weighted by molar-refractivity contribution is 5.90. The quantitative estimate of drug-likeness (QED) is 0.799. The van der Waals surface area contributed by atoms with Crippen molar-refractivity contribution in [3.63, 3.8) is 0 Å². The molecule has 6 heteroatoms. The number of aromatic nitrogens is 2. The van der Waals surface area contributed by atoms with E-state index in [2.05, 4.69) is 10.4 Å². The lowest BCUT2D eigenvalue weighted by atomic mass is 9.95. The zero-order chi connectivity index (χ0) is 15.3. The van der Waals surface area contributed by atoms with Gasteiger partial charge in [0.25, 0.3) is 0 Å². The molecule has 1 aromatic rings. The molecule has 21 heavy (non-hydrogen) atoms. The van der Waals surface area contributed by atoms with Gasteiger partial charge < -0.3 is 11.1 Å². The lowest BCUT2D eigenvalue weighted by Gasteiger charge is -2.29. The van der Waals surface area contributed by atoms with Crippen LogP contribution < -0.4 is 11.1 Å². The first-order chi connectivity index (χ1) is 10.0. The molecule has 0 spiro atoms. The highest BCUT2D eigenvalue weighted by Crippen LogP contribution is 2.23. The van der Waals surface area contributed by atoms with Crippen LogP contribution in [0, 0.1) is 5.92 Å². The van der Waals surface area contributed by atoms with Crippen molar-refractivity contribution in [2.24, 2.45) is 11.7 Å². The Morgan fingerprint density at radius 1 is 1.33 bits per heavy atom. The summed E-state index contributed by atoms with van der Waals surface area (Å²) < 4.78 is 1.61. The standard InChI is InChI=1S/C15H24N4O2/c1-15(14(16)21,11-19-10-6-9-17-19)18-13(20)12-7-4-2-3-5-8-12/h6,9-10,12H,2-5,7-8,11H2,1H3,(H2,16,21)(H,18,20). The lowest BCUT2D eigenvalue weighted by Crippen LogP contribution is -2.59. The van der Waals surface area contributed by atoms with Gasteiger partial charge in [-0.2, -0.15) is 5.10 Å². The van der Waals surface area contributed by atoms with Gasteiger partial charge in [0.2, 0.25) is 11.8 Å². The van der Waals surface area contributed by atoms with E-state index < -0.39 is 11.4 Å². The topological polar surface area (TPSA) is 90.0 Å². The van der Waals surface area contributed by atoms with E-state index in [0.717, 1.165) is 25.7 Å². The molecule has 1 saturated carbocycles. The van der Waals surface area contributed by atoms with Crippen molar-refractivity contribution in [1.29, 1.82) is 0 Å². The van der Waals surface area contributed by atoms with Gasteiger partial charge in [-0.25, -0.2) is 0 Å². The molecule has 116 valence electrons. The third-order valence-corrected chi connectivity index (χ3v) is 4.21. The first kappa shape index (κ1) is 15.5.